The first kappa shape index (κ1) is 16.1. The molecule has 0 saturated heterocycles. The minimum Gasteiger partial charge on any atom is -0.310 e. The van der Waals surface area contributed by atoms with Crippen molar-refractivity contribution >= 4 is 15.9 Å². The molecule has 21 heavy (non-hydrogen) atoms. The number of aryl methyl sites for hydroxylation is 1. The van der Waals surface area contributed by atoms with Gasteiger partial charge in [-0.05, 0) is 59.1 Å². The number of hydrogen-bond donors (Lipinski definition) is 1. The molecule has 0 fully saturated rings. The van der Waals surface area contributed by atoms with Crippen LogP contribution in [0.5, 0.6) is 0 Å². The van der Waals surface area contributed by atoms with Crippen LogP contribution >= 0.6 is 15.9 Å². The van der Waals surface area contributed by atoms with Crippen molar-refractivity contribution in [2.75, 3.05) is 6.54 Å². The van der Waals surface area contributed by atoms with E-state index in [1.807, 2.05) is 38.1 Å². The van der Waals surface area contributed by atoms with Gasteiger partial charge in [-0.3, -0.25) is 0 Å². The van der Waals surface area contributed by atoms with Crippen LogP contribution in [0, 0.1) is 18.6 Å². The average molecular weight is 354 g/mol. The Balaban J connectivity index is 2.35. The molecule has 1 N–H and O–H groups in total. The molecule has 0 bridgehead atoms. The van der Waals surface area contributed by atoms with Crippen LogP contribution in [0.1, 0.15) is 29.7 Å². The van der Waals surface area contributed by atoms with Gasteiger partial charge in [0.15, 0.2) is 0 Å². The van der Waals surface area contributed by atoms with E-state index in [2.05, 4.69) is 21.2 Å². The fourth-order valence-corrected chi connectivity index (χ4v) is 2.72. The van der Waals surface area contributed by atoms with Crippen LogP contribution in [0.4, 0.5) is 8.78 Å². The van der Waals surface area contributed by atoms with Crippen LogP contribution in [0.25, 0.3) is 0 Å². The molecule has 112 valence electrons. The third-order valence-electron chi connectivity index (χ3n) is 3.55. The maximum atomic E-state index is 14.2. The molecule has 2 aromatic rings. The normalized spacial score (nSPS) is 12.4. The van der Waals surface area contributed by atoms with Crippen molar-refractivity contribution in [3.05, 3.63) is 69.2 Å². The topological polar surface area (TPSA) is 12.0 Å². The van der Waals surface area contributed by atoms with Gasteiger partial charge in [0.1, 0.15) is 11.6 Å². The Bertz CT molecular complexity index is 628. The third-order valence-corrected chi connectivity index (χ3v) is 4.16. The highest BCUT2D eigenvalue weighted by Gasteiger charge is 2.18. The maximum Gasteiger partial charge on any atom is 0.137 e. The van der Waals surface area contributed by atoms with Crippen molar-refractivity contribution in [2.45, 2.75) is 26.3 Å². The first-order valence-corrected chi connectivity index (χ1v) is 7.74. The summed E-state index contributed by atoms with van der Waals surface area (Å²) in [5.74, 6) is -0.845. The molecular weight excluding hydrogens is 336 g/mol. The Hall–Kier alpha value is -1.26. The molecule has 0 aromatic heterocycles. The largest absolute Gasteiger partial charge is 0.310 e. The van der Waals surface area contributed by atoms with E-state index in [0.717, 1.165) is 11.1 Å². The zero-order valence-electron chi connectivity index (χ0n) is 12.1. The fourth-order valence-electron chi connectivity index (χ4n) is 2.40. The molecular formula is C17H18BrF2N. The van der Waals surface area contributed by atoms with Crippen molar-refractivity contribution in [3.63, 3.8) is 0 Å². The quantitative estimate of drug-likeness (QED) is 0.751. The molecule has 0 saturated carbocycles. The molecule has 1 nitrogen and oxygen atoms in total. The van der Waals surface area contributed by atoms with Gasteiger partial charge < -0.3 is 5.32 Å². The summed E-state index contributed by atoms with van der Waals surface area (Å²) in [4.78, 5) is 0. The number of rotatable bonds is 5. The lowest BCUT2D eigenvalue weighted by Crippen LogP contribution is -2.24. The minimum absolute atomic E-state index is 0.148. The summed E-state index contributed by atoms with van der Waals surface area (Å²) in [5, 5.41) is 3.24. The second-order valence-corrected chi connectivity index (χ2v) is 5.88. The number of benzene rings is 2. The zero-order valence-corrected chi connectivity index (χ0v) is 13.7. The number of nitrogens with one attached hydrogen (secondary N) is 1. The molecule has 2 rings (SSSR count). The van der Waals surface area contributed by atoms with E-state index < -0.39 is 11.6 Å². The summed E-state index contributed by atoms with van der Waals surface area (Å²) in [5.41, 5.74) is 2.64. The predicted molar refractivity (Wildman–Crippen MR) is 85.4 cm³/mol. The summed E-state index contributed by atoms with van der Waals surface area (Å²) in [6.07, 6.45) is 0.624. The highest BCUT2D eigenvalue weighted by atomic mass is 79.9. The zero-order chi connectivity index (χ0) is 15.4. The molecule has 1 atom stereocenters. The maximum absolute atomic E-state index is 14.2. The summed E-state index contributed by atoms with van der Waals surface area (Å²) in [7, 11) is 0. The van der Waals surface area contributed by atoms with E-state index in [1.54, 1.807) is 0 Å². The van der Waals surface area contributed by atoms with E-state index >= 15 is 0 Å². The van der Waals surface area contributed by atoms with Crippen LogP contribution in [0.2, 0.25) is 0 Å². The second-order valence-electron chi connectivity index (χ2n) is 5.03. The summed E-state index contributed by atoms with van der Waals surface area (Å²) in [6, 6.07) is 10.2. The lowest BCUT2D eigenvalue weighted by Gasteiger charge is -2.20. The fraction of sp³-hybridized carbons (Fsp3) is 0.294. The Labute approximate surface area is 132 Å². The Morgan fingerprint density at radius 3 is 2.52 bits per heavy atom. The molecule has 1 unspecified atom stereocenters. The molecule has 0 aliphatic carbocycles. The summed E-state index contributed by atoms with van der Waals surface area (Å²) >= 11 is 3.01. The van der Waals surface area contributed by atoms with E-state index in [-0.39, 0.29) is 10.5 Å². The van der Waals surface area contributed by atoms with E-state index in [9.17, 15) is 8.78 Å². The van der Waals surface area contributed by atoms with Crippen LogP contribution in [0.3, 0.4) is 0 Å². The van der Waals surface area contributed by atoms with Crippen molar-refractivity contribution in [3.8, 4) is 0 Å². The Morgan fingerprint density at radius 2 is 1.86 bits per heavy atom. The van der Waals surface area contributed by atoms with Crippen molar-refractivity contribution in [1.82, 2.24) is 5.32 Å². The van der Waals surface area contributed by atoms with E-state index in [4.69, 9.17) is 0 Å². The van der Waals surface area contributed by atoms with Crippen LogP contribution in [-0.2, 0) is 6.42 Å². The van der Waals surface area contributed by atoms with Crippen LogP contribution < -0.4 is 5.32 Å². The summed E-state index contributed by atoms with van der Waals surface area (Å²) < 4.78 is 28.1. The lowest BCUT2D eigenvalue weighted by molar-refractivity contribution is 0.500. The van der Waals surface area contributed by atoms with Crippen LogP contribution in [-0.4, -0.2) is 6.54 Å². The van der Waals surface area contributed by atoms with Gasteiger partial charge in [0.25, 0.3) is 0 Å². The summed E-state index contributed by atoms with van der Waals surface area (Å²) in [6.45, 7) is 4.67. The first-order chi connectivity index (χ1) is 10.0. The number of likely N-dealkylation sites (N-methyl/N-ethyl adjacent to an activating group) is 1. The number of hydrogen-bond acceptors (Lipinski definition) is 1. The second kappa shape index (κ2) is 7.14. The molecule has 0 amide bonds. The highest BCUT2D eigenvalue weighted by Crippen LogP contribution is 2.27. The molecule has 0 aliphatic heterocycles. The molecule has 0 heterocycles. The van der Waals surface area contributed by atoms with E-state index in [0.29, 0.717) is 18.5 Å². The van der Waals surface area contributed by atoms with Gasteiger partial charge in [0.2, 0.25) is 0 Å². The van der Waals surface area contributed by atoms with Gasteiger partial charge in [-0.1, -0.05) is 31.2 Å². The van der Waals surface area contributed by atoms with Gasteiger partial charge in [-0.15, -0.1) is 0 Å². The Morgan fingerprint density at radius 1 is 1.14 bits per heavy atom. The minimum atomic E-state index is -0.445. The van der Waals surface area contributed by atoms with Crippen LogP contribution in [0.15, 0.2) is 40.9 Å². The SMILES string of the molecule is CCNC(Cc1ccccc1C)c1cc(F)c(Br)cc1F. The lowest BCUT2D eigenvalue weighted by atomic mass is 9.95. The van der Waals surface area contributed by atoms with Gasteiger partial charge in [-0.25, -0.2) is 8.78 Å². The smallest absolute Gasteiger partial charge is 0.137 e. The monoisotopic (exact) mass is 353 g/mol. The van der Waals surface area contributed by atoms with Crippen molar-refractivity contribution < 1.29 is 8.78 Å². The molecule has 2 aromatic carbocycles. The van der Waals surface area contributed by atoms with Crippen molar-refractivity contribution in [1.29, 1.82) is 0 Å². The molecule has 0 aliphatic rings. The van der Waals surface area contributed by atoms with Crippen molar-refractivity contribution in [2.24, 2.45) is 0 Å². The van der Waals surface area contributed by atoms with Gasteiger partial charge in [0.05, 0.1) is 4.47 Å². The standard InChI is InChI=1S/C17H18BrF2N/c1-3-21-17(8-12-7-5-4-6-11(12)2)13-9-16(20)14(18)10-15(13)19/h4-7,9-10,17,21H,3,8H2,1-2H3. The average Bonchev–Trinajstić information content (AvgIpc) is 2.45. The van der Waals surface area contributed by atoms with Gasteiger partial charge in [0, 0.05) is 11.6 Å². The van der Waals surface area contributed by atoms with Gasteiger partial charge in [-0.2, -0.15) is 0 Å². The van der Waals surface area contributed by atoms with Gasteiger partial charge >= 0.3 is 0 Å². The highest BCUT2D eigenvalue weighted by molar-refractivity contribution is 9.10. The molecule has 0 spiro atoms. The van der Waals surface area contributed by atoms with E-state index in [1.165, 1.54) is 12.1 Å². The molecule has 4 heteroatoms. The first-order valence-electron chi connectivity index (χ1n) is 6.95. The Kier molecular flexibility index (Phi) is 5.48. The molecule has 0 radical (unpaired) electrons. The third kappa shape index (κ3) is 3.89. The number of halogens is 3. The predicted octanol–water partition coefficient (Wildman–Crippen LogP) is 4.93.